The van der Waals surface area contributed by atoms with Gasteiger partial charge in [-0.2, -0.15) is 4.31 Å². The average molecular weight is 517 g/mol. The highest BCUT2D eigenvalue weighted by molar-refractivity contribution is 7.89. The molecule has 3 aromatic carbocycles. The van der Waals surface area contributed by atoms with Gasteiger partial charge in [-0.1, -0.05) is 54.1 Å². The summed E-state index contributed by atoms with van der Waals surface area (Å²) >= 11 is 5.95. The van der Waals surface area contributed by atoms with Gasteiger partial charge in [0.05, 0.1) is 31.7 Å². The second-order valence-corrected chi connectivity index (χ2v) is 10.3. The zero-order valence-electron chi connectivity index (χ0n) is 19.9. The first-order valence-electron chi connectivity index (χ1n) is 11.1. The summed E-state index contributed by atoms with van der Waals surface area (Å²) in [6.07, 6.45) is 0.452. The Labute approximate surface area is 211 Å². The van der Waals surface area contributed by atoms with E-state index in [9.17, 15) is 13.2 Å². The van der Waals surface area contributed by atoms with Gasteiger partial charge < -0.3 is 14.8 Å². The molecule has 1 atom stereocenters. The Morgan fingerprint density at radius 2 is 1.63 bits per heavy atom. The largest absolute Gasteiger partial charge is 0.493 e. The predicted octanol–water partition coefficient (Wildman–Crippen LogP) is 4.47. The van der Waals surface area contributed by atoms with E-state index < -0.39 is 15.9 Å². The molecule has 9 heteroatoms. The third-order valence-electron chi connectivity index (χ3n) is 5.55. The Hall–Kier alpha value is -3.07. The number of sulfonamides is 1. The van der Waals surface area contributed by atoms with Crippen LogP contribution in [-0.2, 0) is 21.2 Å². The highest BCUT2D eigenvalue weighted by atomic mass is 35.5. The van der Waals surface area contributed by atoms with Crippen LogP contribution in [0.3, 0.4) is 0 Å². The molecule has 1 unspecified atom stereocenters. The zero-order valence-corrected chi connectivity index (χ0v) is 21.5. The molecule has 0 saturated heterocycles. The van der Waals surface area contributed by atoms with Crippen molar-refractivity contribution in [2.45, 2.75) is 24.3 Å². The lowest BCUT2D eigenvalue weighted by Gasteiger charge is -2.24. The highest BCUT2D eigenvalue weighted by Crippen LogP contribution is 2.30. The van der Waals surface area contributed by atoms with Crippen LogP contribution in [0.5, 0.6) is 11.5 Å². The number of halogens is 1. The molecule has 0 spiro atoms. The lowest BCUT2D eigenvalue weighted by atomic mass is 10.1. The topological polar surface area (TPSA) is 84.9 Å². The van der Waals surface area contributed by atoms with Crippen LogP contribution >= 0.6 is 11.6 Å². The molecule has 0 fully saturated rings. The number of carbonyl (C=O) groups excluding carboxylic acids is 1. The van der Waals surface area contributed by atoms with E-state index >= 15 is 0 Å². The number of ether oxygens (including phenoxy) is 2. The van der Waals surface area contributed by atoms with Crippen molar-refractivity contribution >= 4 is 27.5 Å². The van der Waals surface area contributed by atoms with Crippen LogP contribution in [0.25, 0.3) is 0 Å². The molecule has 1 N–H and O–H groups in total. The fraction of sp³-hybridized carbons (Fsp3) is 0.269. The quantitative estimate of drug-likeness (QED) is 0.406. The molecule has 0 radical (unpaired) electrons. The van der Waals surface area contributed by atoms with Crippen molar-refractivity contribution < 1.29 is 22.7 Å². The zero-order chi connectivity index (χ0) is 25.4. The lowest BCUT2D eigenvalue weighted by molar-refractivity contribution is -0.121. The van der Waals surface area contributed by atoms with Crippen LogP contribution in [0.1, 0.15) is 24.1 Å². The minimum Gasteiger partial charge on any atom is -0.493 e. The molecule has 3 rings (SSSR count). The van der Waals surface area contributed by atoms with Gasteiger partial charge in [0.2, 0.25) is 15.9 Å². The third-order valence-corrected chi connectivity index (χ3v) is 7.65. The van der Waals surface area contributed by atoms with Gasteiger partial charge in [0, 0.05) is 17.6 Å². The van der Waals surface area contributed by atoms with Gasteiger partial charge in [-0.25, -0.2) is 8.42 Å². The number of nitrogens with zero attached hydrogens (tertiary/aromatic N) is 1. The summed E-state index contributed by atoms with van der Waals surface area (Å²) in [4.78, 5) is 12.9. The van der Waals surface area contributed by atoms with E-state index in [1.165, 1.54) is 36.7 Å². The number of nitrogens with one attached hydrogen (secondary N) is 1. The van der Waals surface area contributed by atoms with E-state index in [2.05, 4.69) is 5.32 Å². The van der Waals surface area contributed by atoms with Gasteiger partial charge >= 0.3 is 0 Å². The monoisotopic (exact) mass is 516 g/mol. The van der Waals surface area contributed by atoms with Gasteiger partial charge in [-0.15, -0.1) is 0 Å². The molecule has 0 heterocycles. The number of hydrogen-bond acceptors (Lipinski definition) is 5. The van der Waals surface area contributed by atoms with Gasteiger partial charge in [-0.05, 0) is 48.7 Å². The molecule has 35 heavy (non-hydrogen) atoms. The Balaban J connectivity index is 1.83. The molecular formula is C26H29ClN2O5S. The van der Waals surface area contributed by atoms with Gasteiger partial charge in [0.25, 0.3) is 0 Å². The smallest absolute Gasteiger partial charge is 0.243 e. The molecule has 3 aromatic rings. The summed E-state index contributed by atoms with van der Waals surface area (Å²) in [5.41, 5.74) is 1.83. The maximum absolute atomic E-state index is 13.6. The van der Waals surface area contributed by atoms with E-state index in [4.69, 9.17) is 21.1 Å². The number of carbonyl (C=O) groups is 1. The van der Waals surface area contributed by atoms with Crippen molar-refractivity contribution in [1.29, 1.82) is 0 Å². The molecule has 0 bridgehead atoms. The van der Waals surface area contributed by atoms with Gasteiger partial charge in [0.15, 0.2) is 11.5 Å². The Kier molecular flexibility index (Phi) is 9.14. The highest BCUT2D eigenvalue weighted by Gasteiger charge is 2.28. The predicted molar refractivity (Wildman–Crippen MR) is 136 cm³/mol. The van der Waals surface area contributed by atoms with E-state index in [1.54, 1.807) is 12.1 Å². The molecule has 0 aromatic heterocycles. The summed E-state index contributed by atoms with van der Waals surface area (Å²) in [5.74, 6) is 0.291. The number of amides is 1. The summed E-state index contributed by atoms with van der Waals surface area (Å²) in [6, 6.07) is 20.7. The lowest BCUT2D eigenvalue weighted by Crippen LogP contribution is -2.42. The maximum Gasteiger partial charge on any atom is 0.243 e. The SMILES string of the molecule is COc1ccc(S(=O)(=O)N(CCc2ccccc2)CC(=O)NC(C)c2ccc(Cl)cc2)cc1OC. The average Bonchev–Trinajstić information content (AvgIpc) is 2.86. The summed E-state index contributed by atoms with van der Waals surface area (Å²) in [5, 5.41) is 3.47. The molecular weight excluding hydrogens is 488 g/mol. The number of benzene rings is 3. The Bertz CT molecular complexity index is 1230. The van der Waals surface area contributed by atoms with Gasteiger partial charge in [0.1, 0.15) is 0 Å². The van der Waals surface area contributed by atoms with Crippen molar-refractivity contribution in [3.05, 3.63) is 88.9 Å². The standard InChI is InChI=1S/C26H29ClN2O5S/c1-19(21-9-11-22(27)12-10-21)28-26(30)18-29(16-15-20-7-5-4-6-8-20)35(31,32)23-13-14-24(33-2)25(17-23)34-3/h4-14,17,19H,15-16,18H2,1-3H3,(H,28,30). The van der Waals surface area contributed by atoms with E-state index in [0.29, 0.717) is 17.2 Å². The van der Waals surface area contributed by atoms with Crippen LogP contribution in [-0.4, -0.2) is 45.9 Å². The first kappa shape index (κ1) is 26.5. The molecule has 0 aliphatic heterocycles. The fourth-order valence-electron chi connectivity index (χ4n) is 3.59. The molecule has 0 saturated carbocycles. The van der Waals surface area contributed by atoms with E-state index in [0.717, 1.165) is 11.1 Å². The Morgan fingerprint density at radius 1 is 0.971 bits per heavy atom. The molecule has 0 aliphatic carbocycles. The van der Waals surface area contributed by atoms with Crippen molar-refractivity contribution in [3.63, 3.8) is 0 Å². The van der Waals surface area contributed by atoms with Crippen LogP contribution in [0.4, 0.5) is 0 Å². The van der Waals surface area contributed by atoms with Crippen molar-refractivity contribution in [2.24, 2.45) is 0 Å². The Morgan fingerprint density at radius 3 is 2.26 bits per heavy atom. The molecule has 0 aliphatic rings. The minimum absolute atomic E-state index is 0.0155. The summed E-state index contributed by atoms with van der Waals surface area (Å²) in [6.45, 7) is 1.63. The molecule has 186 valence electrons. The molecule has 1 amide bonds. The first-order chi connectivity index (χ1) is 16.7. The maximum atomic E-state index is 13.6. The number of methoxy groups -OCH3 is 2. The van der Waals surface area contributed by atoms with Crippen LogP contribution in [0.15, 0.2) is 77.7 Å². The first-order valence-corrected chi connectivity index (χ1v) is 12.9. The van der Waals surface area contributed by atoms with Crippen molar-refractivity contribution in [2.75, 3.05) is 27.3 Å². The number of rotatable bonds is 11. The second kappa shape index (κ2) is 12.1. The van der Waals surface area contributed by atoms with E-state index in [-0.39, 0.29) is 29.8 Å². The molecule has 7 nitrogen and oxygen atoms in total. The normalized spacial score (nSPS) is 12.3. The summed E-state index contributed by atoms with van der Waals surface area (Å²) < 4.78 is 38.9. The van der Waals surface area contributed by atoms with Crippen molar-refractivity contribution in [3.8, 4) is 11.5 Å². The van der Waals surface area contributed by atoms with Crippen molar-refractivity contribution in [1.82, 2.24) is 9.62 Å². The number of hydrogen-bond donors (Lipinski definition) is 1. The minimum atomic E-state index is -4.01. The van der Waals surface area contributed by atoms with Crippen LogP contribution < -0.4 is 14.8 Å². The van der Waals surface area contributed by atoms with E-state index in [1.807, 2.05) is 49.4 Å². The second-order valence-electron chi connectivity index (χ2n) is 7.93. The van der Waals surface area contributed by atoms with Crippen LogP contribution in [0.2, 0.25) is 5.02 Å². The van der Waals surface area contributed by atoms with Crippen LogP contribution in [0, 0.1) is 0 Å². The fourth-order valence-corrected chi connectivity index (χ4v) is 5.13. The third kappa shape index (κ3) is 6.97. The van der Waals surface area contributed by atoms with Gasteiger partial charge in [-0.3, -0.25) is 4.79 Å². The summed E-state index contributed by atoms with van der Waals surface area (Å²) in [7, 11) is -1.10.